The summed E-state index contributed by atoms with van der Waals surface area (Å²) in [6.45, 7) is 11.9. The van der Waals surface area contributed by atoms with Crippen LogP contribution in [0.2, 0.25) is 0 Å². The summed E-state index contributed by atoms with van der Waals surface area (Å²) in [6, 6.07) is 15.3. The molecule has 0 aliphatic heterocycles. The predicted molar refractivity (Wildman–Crippen MR) is 108 cm³/mol. The summed E-state index contributed by atoms with van der Waals surface area (Å²) in [7, 11) is 0. The van der Waals surface area contributed by atoms with Crippen molar-refractivity contribution in [1.29, 1.82) is 0 Å². The van der Waals surface area contributed by atoms with Crippen LogP contribution < -0.4 is 15.4 Å². The highest BCUT2D eigenvalue weighted by Gasteiger charge is 2.16. The molecule has 2 N–H and O–H groups in total. The van der Waals surface area contributed by atoms with Crippen molar-refractivity contribution in [3.8, 4) is 5.75 Å². The number of hydrogen-bond acceptors (Lipinski definition) is 3. The summed E-state index contributed by atoms with van der Waals surface area (Å²) in [5.74, 6) is 1.23. The first-order chi connectivity index (χ1) is 12.1. The van der Waals surface area contributed by atoms with E-state index in [1.165, 1.54) is 22.4 Å². The van der Waals surface area contributed by atoms with E-state index < -0.39 is 0 Å². The topological polar surface area (TPSA) is 38.5 Å². The first-order valence-corrected chi connectivity index (χ1v) is 9.40. The molecule has 1 atom stereocenters. The van der Waals surface area contributed by atoms with E-state index in [0.717, 1.165) is 25.3 Å². The Bertz CT molecular complexity index is 648. The van der Waals surface area contributed by atoms with Gasteiger partial charge in [-0.25, -0.2) is 0 Å². The molecule has 2 rings (SSSR count). The van der Waals surface area contributed by atoms with Crippen molar-refractivity contribution in [1.82, 2.24) is 0 Å². The van der Waals surface area contributed by atoms with Gasteiger partial charge in [-0.15, -0.1) is 0 Å². The number of aryl methyl sites for hydroxylation is 1. The number of benzene rings is 2. The molecule has 0 heterocycles. The fraction of sp³-hybridized carbons (Fsp3) is 0.455. The molecule has 136 valence electrons. The summed E-state index contributed by atoms with van der Waals surface area (Å²) in [6.07, 6.45) is 0.929. The average molecular weight is 341 g/mol. The highest BCUT2D eigenvalue weighted by atomic mass is 16.5. The smallest absolute Gasteiger partial charge is 0.122 e. The molecular formula is C22H32N2O. The number of rotatable bonds is 9. The Morgan fingerprint density at radius 2 is 1.68 bits per heavy atom. The Labute approximate surface area is 152 Å². The van der Waals surface area contributed by atoms with E-state index in [1.807, 2.05) is 6.92 Å². The second kappa shape index (κ2) is 9.47. The van der Waals surface area contributed by atoms with Gasteiger partial charge in [0.05, 0.1) is 6.61 Å². The van der Waals surface area contributed by atoms with Gasteiger partial charge < -0.3 is 15.4 Å². The van der Waals surface area contributed by atoms with Crippen molar-refractivity contribution in [2.45, 2.75) is 40.0 Å². The van der Waals surface area contributed by atoms with Crippen LogP contribution in [0.5, 0.6) is 5.75 Å². The Balaban J connectivity index is 2.21. The van der Waals surface area contributed by atoms with Gasteiger partial charge in [0.1, 0.15) is 5.75 Å². The molecule has 25 heavy (non-hydrogen) atoms. The van der Waals surface area contributed by atoms with Crippen molar-refractivity contribution < 1.29 is 4.74 Å². The fourth-order valence-corrected chi connectivity index (χ4v) is 3.31. The van der Waals surface area contributed by atoms with Crippen LogP contribution in [0.4, 0.5) is 5.69 Å². The van der Waals surface area contributed by atoms with Gasteiger partial charge >= 0.3 is 0 Å². The number of anilines is 1. The van der Waals surface area contributed by atoms with Crippen molar-refractivity contribution in [3.63, 3.8) is 0 Å². The fourth-order valence-electron chi connectivity index (χ4n) is 3.31. The van der Waals surface area contributed by atoms with Crippen LogP contribution >= 0.6 is 0 Å². The third-order valence-electron chi connectivity index (χ3n) is 4.74. The minimum atomic E-state index is 0.265. The molecule has 2 aromatic carbocycles. The zero-order chi connectivity index (χ0) is 18.2. The van der Waals surface area contributed by atoms with E-state index in [4.69, 9.17) is 10.5 Å². The molecule has 3 nitrogen and oxygen atoms in total. The quantitative estimate of drug-likeness (QED) is 0.729. The molecule has 0 fully saturated rings. The molecule has 0 aromatic heterocycles. The van der Waals surface area contributed by atoms with E-state index in [0.29, 0.717) is 13.2 Å². The maximum absolute atomic E-state index is 6.13. The van der Waals surface area contributed by atoms with Crippen LogP contribution in [0.25, 0.3) is 0 Å². The van der Waals surface area contributed by atoms with E-state index in [9.17, 15) is 0 Å². The van der Waals surface area contributed by atoms with E-state index in [2.05, 4.69) is 68.1 Å². The van der Waals surface area contributed by atoms with Crippen LogP contribution in [0.3, 0.4) is 0 Å². The van der Waals surface area contributed by atoms with E-state index in [1.54, 1.807) is 0 Å². The lowest BCUT2D eigenvalue weighted by Gasteiger charge is -2.22. The van der Waals surface area contributed by atoms with E-state index in [-0.39, 0.29) is 5.92 Å². The lowest BCUT2D eigenvalue weighted by atomic mass is 9.90. The predicted octanol–water partition coefficient (Wildman–Crippen LogP) is 4.52. The van der Waals surface area contributed by atoms with Gasteiger partial charge in [-0.1, -0.05) is 29.8 Å². The maximum atomic E-state index is 6.13. The molecule has 0 aliphatic carbocycles. The lowest BCUT2D eigenvalue weighted by molar-refractivity contribution is 0.334. The highest BCUT2D eigenvalue weighted by Crippen LogP contribution is 2.30. The SMILES string of the molecule is CCOc1ccc(C)cc1C(CN)Cc1ccc(N(CC)CC)cc1. The second-order valence-electron chi connectivity index (χ2n) is 6.45. The molecular weight excluding hydrogens is 308 g/mol. The van der Waals surface area contributed by atoms with Crippen molar-refractivity contribution in [2.75, 3.05) is 31.1 Å². The first kappa shape index (κ1) is 19.3. The van der Waals surface area contributed by atoms with Gasteiger partial charge in [0.2, 0.25) is 0 Å². The zero-order valence-corrected chi connectivity index (χ0v) is 16.1. The third kappa shape index (κ3) is 4.99. The van der Waals surface area contributed by atoms with Crippen molar-refractivity contribution in [3.05, 3.63) is 59.2 Å². The van der Waals surface area contributed by atoms with E-state index >= 15 is 0 Å². The van der Waals surface area contributed by atoms with Gasteiger partial charge in [0, 0.05) is 24.7 Å². The Morgan fingerprint density at radius 1 is 1.00 bits per heavy atom. The standard InChI is InChI=1S/C22H32N2O/c1-5-24(6-2)20-11-9-18(10-12-20)15-19(16-23)21-14-17(4)8-13-22(21)25-7-3/h8-14,19H,5-7,15-16,23H2,1-4H3. The average Bonchev–Trinajstić information content (AvgIpc) is 2.63. The maximum Gasteiger partial charge on any atom is 0.122 e. The van der Waals surface area contributed by atoms with Crippen LogP contribution in [0.15, 0.2) is 42.5 Å². The van der Waals surface area contributed by atoms with Gasteiger partial charge in [0.25, 0.3) is 0 Å². The molecule has 0 bridgehead atoms. The molecule has 0 saturated heterocycles. The second-order valence-corrected chi connectivity index (χ2v) is 6.45. The van der Waals surface area contributed by atoms with Crippen LogP contribution in [-0.4, -0.2) is 26.2 Å². The number of hydrogen-bond donors (Lipinski definition) is 1. The van der Waals surface area contributed by atoms with Gasteiger partial charge in [0.15, 0.2) is 0 Å². The molecule has 0 aliphatic rings. The Kier molecular flexibility index (Phi) is 7.32. The minimum Gasteiger partial charge on any atom is -0.494 e. The summed E-state index contributed by atoms with van der Waals surface area (Å²) < 4.78 is 5.83. The summed E-state index contributed by atoms with van der Waals surface area (Å²) in [5.41, 5.74) is 11.2. The molecule has 3 heteroatoms. The van der Waals surface area contributed by atoms with Gasteiger partial charge in [-0.05, 0) is 70.0 Å². The molecule has 0 radical (unpaired) electrons. The summed E-state index contributed by atoms with van der Waals surface area (Å²) >= 11 is 0. The molecule has 1 unspecified atom stereocenters. The van der Waals surface area contributed by atoms with Crippen LogP contribution in [0.1, 0.15) is 43.4 Å². The Hall–Kier alpha value is -2.00. The Morgan fingerprint density at radius 3 is 2.24 bits per heavy atom. The molecule has 2 aromatic rings. The van der Waals surface area contributed by atoms with Gasteiger partial charge in [-0.3, -0.25) is 0 Å². The monoisotopic (exact) mass is 340 g/mol. The number of nitrogens with two attached hydrogens (primary N) is 1. The number of nitrogens with zero attached hydrogens (tertiary/aromatic N) is 1. The zero-order valence-electron chi connectivity index (χ0n) is 16.1. The van der Waals surface area contributed by atoms with Crippen LogP contribution in [-0.2, 0) is 6.42 Å². The minimum absolute atomic E-state index is 0.265. The normalized spacial score (nSPS) is 12.0. The van der Waals surface area contributed by atoms with Crippen molar-refractivity contribution >= 4 is 5.69 Å². The number of ether oxygens (including phenoxy) is 1. The van der Waals surface area contributed by atoms with Gasteiger partial charge in [-0.2, -0.15) is 0 Å². The summed E-state index contributed by atoms with van der Waals surface area (Å²) in [4.78, 5) is 2.36. The highest BCUT2D eigenvalue weighted by molar-refractivity contribution is 5.48. The lowest BCUT2D eigenvalue weighted by Crippen LogP contribution is -2.21. The third-order valence-corrected chi connectivity index (χ3v) is 4.74. The van der Waals surface area contributed by atoms with Crippen molar-refractivity contribution in [2.24, 2.45) is 5.73 Å². The molecule has 0 saturated carbocycles. The first-order valence-electron chi connectivity index (χ1n) is 9.40. The largest absolute Gasteiger partial charge is 0.494 e. The van der Waals surface area contributed by atoms with Crippen LogP contribution in [0, 0.1) is 6.92 Å². The molecule has 0 amide bonds. The summed E-state index contributed by atoms with van der Waals surface area (Å²) in [5, 5.41) is 0. The molecule has 0 spiro atoms.